The second-order valence-electron chi connectivity index (χ2n) is 4.89. The molecule has 116 valence electrons. The van der Waals surface area contributed by atoms with Gasteiger partial charge in [-0.25, -0.2) is 4.98 Å². The molecule has 23 heavy (non-hydrogen) atoms. The van der Waals surface area contributed by atoms with Crippen molar-refractivity contribution in [1.29, 1.82) is 0 Å². The molecule has 0 spiro atoms. The van der Waals surface area contributed by atoms with Crippen molar-refractivity contribution in [2.24, 2.45) is 0 Å². The molecule has 0 aliphatic rings. The van der Waals surface area contributed by atoms with Crippen LogP contribution in [0, 0.1) is 0 Å². The monoisotopic (exact) mass is 309 g/mol. The number of para-hydroxylation sites is 2. The molecule has 1 unspecified atom stereocenters. The molecule has 1 amide bonds. The highest BCUT2D eigenvalue weighted by Gasteiger charge is 2.10. The number of aliphatic hydroxyl groups excluding tert-OH is 1. The minimum Gasteiger partial charge on any atom is -0.467 e. The molecule has 1 atom stereocenters. The van der Waals surface area contributed by atoms with E-state index in [4.69, 9.17) is 4.42 Å². The number of furan rings is 1. The lowest BCUT2D eigenvalue weighted by Gasteiger charge is -2.07. The van der Waals surface area contributed by atoms with Crippen LogP contribution < -0.4 is 5.32 Å². The fraction of sp³-hybridized carbons (Fsp3) is 0.118. The van der Waals surface area contributed by atoms with E-state index in [1.165, 1.54) is 12.3 Å². The molecule has 0 aliphatic carbocycles. The first-order valence-corrected chi connectivity index (χ1v) is 7.11. The van der Waals surface area contributed by atoms with Crippen molar-refractivity contribution in [3.05, 3.63) is 66.4 Å². The van der Waals surface area contributed by atoms with Crippen LogP contribution in [0.2, 0.25) is 0 Å². The van der Waals surface area contributed by atoms with E-state index in [0.717, 1.165) is 11.0 Å². The number of benzene rings is 1. The summed E-state index contributed by atoms with van der Waals surface area (Å²) < 4.78 is 5.06. The highest BCUT2D eigenvalue weighted by molar-refractivity contribution is 5.91. The van der Waals surface area contributed by atoms with Crippen molar-refractivity contribution in [1.82, 2.24) is 15.3 Å². The Morgan fingerprint density at radius 3 is 2.87 bits per heavy atom. The first-order chi connectivity index (χ1) is 11.2. The fourth-order valence-electron chi connectivity index (χ4n) is 2.05. The van der Waals surface area contributed by atoms with Crippen LogP contribution in [0.15, 0.2) is 59.4 Å². The summed E-state index contributed by atoms with van der Waals surface area (Å²) >= 11 is 0. The summed E-state index contributed by atoms with van der Waals surface area (Å²) in [5, 5.41) is 12.4. The minimum atomic E-state index is -0.872. The van der Waals surface area contributed by atoms with Crippen LogP contribution >= 0.6 is 0 Å². The largest absolute Gasteiger partial charge is 0.467 e. The SMILES string of the molecule is O=C(/C=C/c1cnc2ccccc2n1)NCC(O)c1ccco1. The number of aromatic nitrogens is 2. The zero-order chi connectivity index (χ0) is 16.1. The summed E-state index contributed by atoms with van der Waals surface area (Å²) in [7, 11) is 0. The summed E-state index contributed by atoms with van der Waals surface area (Å²) in [5.41, 5.74) is 2.16. The molecule has 0 bridgehead atoms. The lowest BCUT2D eigenvalue weighted by molar-refractivity contribution is -0.116. The third-order valence-corrected chi connectivity index (χ3v) is 3.21. The molecule has 0 aliphatic heterocycles. The topological polar surface area (TPSA) is 88.2 Å². The molecule has 2 N–H and O–H groups in total. The molecule has 0 saturated heterocycles. The van der Waals surface area contributed by atoms with Gasteiger partial charge in [-0.2, -0.15) is 0 Å². The Morgan fingerprint density at radius 1 is 1.26 bits per heavy atom. The van der Waals surface area contributed by atoms with Crippen LogP contribution in [-0.2, 0) is 4.79 Å². The van der Waals surface area contributed by atoms with E-state index in [-0.39, 0.29) is 12.5 Å². The van der Waals surface area contributed by atoms with Gasteiger partial charge >= 0.3 is 0 Å². The van der Waals surface area contributed by atoms with Gasteiger partial charge in [-0.05, 0) is 30.3 Å². The van der Waals surface area contributed by atoms with E-state index < -0.39 is 6.10 Å². The zero-order valence-corrected chi connectivity index (χ0v) is 12.2. The van der Waals surface area contributed by atoms with Crippen molar-refractivity contribution in [2.75, 3.05) is 6.54 Å². The van der Waals surface area contributed by atoms with E-state index in [1.807, 2.05) is 24.3 Å². The summed E-state index contributed by atoms with van der Waals surface area (Å²) in [6.45, 7) is 0.0695. The molecular weight excluding hydrogens is 294 g/mol. The van der Waals surface area contributed by atoms with Gasteiger partial charge in [-0.3, -0.25) is 9.78 Å². The van der Waals surface area contributed by atoms with E-state index in [9.17, 15) is 9.90 Å². The molecular formula is C17H15N3O3. The normalized spacial score (nSPS) is 12.6. The molecule has 3 rings (SSSR count). The number of nitrogens with one attached hydrogen (secondary N) is 1. The number of aliphatic hydroxyl groups is 1. The highest BCUT2D eigenvalue weighted by atomic mass is 16.4. The van der Waals surface area contributed by atoms with Gasteiger partial charge in [0, 0.05) is 6.08 Å². The number of nitrogens with zero attached hydrogens (tertiary/aromatic N) is 2. The Labute approximate surface area is 132 Å². The second kappa shape index (κ2) is 6.85. The molecule has 6 heteroatoms. The van der Waals surface area contributed by atoms with E-state index >= 15 is 0 Å². The van der Waals surface area contributed by atoms with Crippen LogP contribution in [0.25, 0.3) is 17.1 Å². The van der Waals surface area contributed by atoms with Crippen molar-refractivity contribution < 1.29 is 14.3 Å². The van der Waals surface area contributed by atoms with Gasteiger partial charge in [-0.15, -0.1) is 0 Å². The smallest absolute Gasteiger partial charge is 0.244 e. The van der Waals surface area contributed by atoms with Crippen molar-refractivity contribution >= 4 is 23.0 Å². The number of rotatable bonds is 5. The summed E-state index contributed by atoms with van der Waals surface area (Å²) in [6.07, 6.45) is 5.13. The van der Waals surface area contributed by atoms with E-state index in [2.05, 4.69) is 15.3 Å². The van der Waals surface area contributed by atoms with Crippen LogP contribution in [0.4, 0.5) is 0 Å². The first-order valence-electron chi connectivity index (χ1n) is 7.11. The number of carbonyl (C=O) groups is 1. The van der Waals surface area contributed by atoms with Gasteiger partial charge < -0.3 is 14.8 Å². The summed E-state index contributed by atoms with van der Waals surface area (Å²) in [6, 6.07) is 10.8. The fourth-order valence-corrected chi connectivity index (χ4v) is 2.05. The van der Waals surface area contributed by atoms with Crippen LogP contribution in [0.3, 0.4) is 0 Å². The van der Waals surface area contributed by atoms with Gasteiger partial charge in [-0.1, -0.05) is 12.1 Å². The maximum atomic E-state index is 11.8. The van der Waals surface area contributed by atoms with Crippen molar-refractivity contribution in [3.63, 3.8) is 0 Å². The molecule has 0 radical (unpaired) electrons. The number of fused-ring (bicyclic) bond motifs is 1. The lowest BCUT2D eigenvalue weighted by atomic mass is 10.2. The number of amides is 1. The third-order valence-electron chi connectivity index (χ3n) is 3.21. The Balaban J connectivity index is 1.59. The Kier molecular flexibility index (Phi) is 4.44. The van der Waals surface area contributed by atoms with Crippen molar-refractivity contribution in [3.8, 4) is 0 Å². The van der Waals surface area contributed by atoms with Crippen molar-refractivity contribution in [2.45, 2.75) is 6.10 Å². The summed E-state index contributed by atoms with van der Waals surface area (Å²) in [4.78, 5) is 20.4. The molecule has 6 nitrogen and oxygen atoms in total. The molecule has 0 fully saturated rings. The van der Waals surface area contributed by atoms with Gasteiger partial charge in [0.05, 0.1) is 35.7 Å². The molecule has 1 aromatic carbocycles. The Bertz CT molecular complexity index is 828. The predicted molar refractivity (Wildman–Crippen MR) is 85.2 cm³/mol. The lowest BCUT2D eigenvalue weighted by Crippen LogP contribution is -2.26. The number of hydrogen-bond donors (Lipinski definition) is 2. The molecule has 2 aromatic heterocycles. The Hall–Kier alpha value is -2.99. The number of carbonyl (C=O) groups excluding carboxylic acids is 1. The third kappa shape index (κ3) is 3.81. The average molecular weight is 309 g/mol. The standard InChI is InChI=1S/C17H15N3O3/c21-15(16-6-3-9-23-16)11-19-17(22)8-7-12-10-18-13-4-1-2-5-14(13)20-12/h1-10,15,21H,11H2,(H,19,22)/b8-7+. The highest BCUT2D eigenvalue weighted by Crippen LogP contribution is 2.12. The van der Waals surface area contributed by atoms with E-state index in [1.54, 1.807) is 24.4 Å². The predicted octanol–water partition coefficient (Wildman–Crippen LogP) is 2.09. The van der Waals surface area contributed by atoms with Crippen LogP contribution in [-0.4, -0.2) is 27.5 Å². The van der Waals surface area contributed by atoms with Gasteiger partial charge in [0.15, 0.2) is 0 Å². The minimum absolute atomic E-state index is 0.0695. The van der Waals surface area contributed by atoms with Crippen LogP contribution in [0.1, 0.15) is 17.6 Å². The summed E-state index contributed by atoms with van der Waals surface area (Å²) in [5.74, 6) is 0.0836. The molecule has 2 heterocycles. The molecule has 0 saturated carbocycles. The molecule has 3 aromatic rings. The first kappa shape index (κ1) is 14.9. The van der Waals surface area contributed by atoms with Gasteiger partial charge in [0.25, 0.3) is 0 Å². The van der Waals surface area contributed by atoms with E-state index in [0.29, 0.717) is 11.5 Å². The van der Waals surface area contributed by atoms with Crippen LogP contribution in [0.5, 0.6) is 0 Å². The zero-order valence-electron chi connectivity index (χ0n) is 12.2. The maximum Gasteiger partial charge on any atom is 0.244 e. The Morgan fingerprint density at radius 2 is 2.09 bits per heavy atom. The van der Waals surface area contributed by atoms with Gasteiger partial charge in [0.1, 0.15) is 11.9 Å². The maximum absolute atomic E-state index is 11.8. The average Bonchev–Trinajstić information content (AvgIpc) is 3.12. The number of hydrogen-bond acceptors (Lipinski definition) is 5. The van der Waals surface area contributed by atoms with Gasteiger partial charge in [0.2, 0.25) is 5.91 Å². The quantitative estimate of drug-likeness (QED) is 0.705. The second-order valence-corrected chi connectivity index (χ2v) is 4.89.